The number of benzene rings is 2. The number of thiazole rings is 1. The highest BCUT2D eigenvalue weighted by Crippen LogP contribution is 2.26. The summed E-state index contributed by atoms with van der Waals surface area (Å²) >= 11 is 7.45. The molecule has 0 atom stereocenters. The summed E-state index contributed by atoms with van der Waals surface area (Å²) in [5.41, 5.74) is 5.10. The molecule has 29 heavy (non-hydrogen) atoms. The van der Waals surface area contributed by atoms with Crippen molar-refractivity contribution in [2.45, 2.75) is 20.3 Å². The average Bonchev–Trinajstić information content (AvgIpc) is 3.29. The molecule has 0 radical (unpaired) electrons. The summed E-state index contributed by atoms with van der Waals surface area (Å²) in [6.45, 7) is 3.84. The van der Waals surface area contributed by atoms with E-state index in [0.29, 0.717) is 5.02 Å². The molecule has 0 saturated carbocycles. The molecule has 4 aromatic rings. The lowest BCUT2D eigenvalue weighted by atomic mass is 10.2. The van der Waals surface area contributed by atoms with Crippen molar-refractivity contribution in [1.82, 2.24) is 14.8 Å². The van der Waals surface area contributed by atoms with Gasteiger partial charge in [-0.15, -0.1) is 11.3 Å². The molecule has 4 rings (SSSR count). The number of hydrogen-bond donors (Lipinski definition) is 1. The van der Waals surface area contributed by atoms with Crippen LogP contribution in [0.1, 0.15) is 17.1 Å². The molecule has 5 nitrogen and oxygen atoms in total. The van der Waals surface area contributed by atoms with E-state index >= 15 is 0 Å². The van der Waals surface area contributed by atoms with Gasteiger partial charge in [0.05, 0.1) is 34.9 Å². The summed E-state index contributed by atoms with van der Waals surface area (Å²) < 4.78 is 1.84. The van der Waals surface area contributed by atoms with Gasteiger partial charge in [-0.3, -0.25) is 4.79 Å². The van der Waals surface area contributed by atoms with Crippen LogP contribution in [-0.2, 0) is 11.2 Å². The van der Waals surface area contributed by atoms with E-state index in [0.717, 1.165) is 39.0 Å². The molecule has 2 heterocycles. The van der Waals surface area contributed by atoms with E-state index in [2.05, 4.69) is 15.4 Å². The fraction of sp³-hybridized carbons (Fsp3) is 0.136. The van der Waals surface area contributed by atoms with Gasteiger partial charge in [0.25, 0.3) is 0 Å². The molecule has 1 N–H and O–H groups in total. The third-order valence-corrected chi connectivity index (χ3v) is 5.73. The fourth-order valence-electron chi connectivity index (χ4n) is 3.11. The van der Waals surface area contributed by atoms with Crippen molar-refractivity contribution in [2.75, 3.05) is 5.32 Å². The normalized spacial score (nSPS) is 10.9. The molecule has 2 aromatic carbocycles. The Kier molecular flexibility index (Phi) is 5.47. The van der Waals surface area contributed by atoms with Crippen LogP contribution in [-0.4, -0.2) is 20.7 Å². The van der Waals surface area contributed by atoms with Crippen LogP contribution in [0.25, 0.3) is 16.3 Å². The van der Waals surface area contributed by atoms with Crippen LogP contribution in [0.15, 0.2) is 60.0 Å². The predicted octanol–water partition coefficient (Wildman–Crippen LogP) is 5.45. The Balaban J connectivity index is 1.48. The van der Waals surface area contributed by atoms with Crippen LogP contribution in [0.5, 0.6) is 0 Å². The number of anilines is 1. The van der Waals surface area contributed by atoms with Gasteiger partial charge in [-0.05, 0) is 38.1 Å². The minimum Gasteiger partial charge on any atom is -0.323 e. The smallest absolute Gasteiger partial charge is 0.230 e. The van der Waals surface area contributed by atoms with Crippen LogP contribution in [0.3, 0.4) is 0 Å². The van der Waals surface area contributed by atoms with Crippen molar-refractivity contribution in [3.63, 3.8) is 0 Å². The second kappa shape index (κ2) is 8.19. The van der Waals surface area contributed by atoms with Gasteiger partial charge in [0.1, 0.15) is 5.01 Å². The van der Waals surface area contributed by atoms with Crippen LogP contribution >= 0.6 is 22.9 Å². The van der Waals surface area contributed by atoms with Gasteiger partial charge >= 0.3 is 0 Å². The standard InChI is InChI=1S/C22H19ClN4OS/c1-14-21(15(2)27(26-14)19-6-4-3-5-7-19)25-20(28)12-18-13-29-22(24-18)16-8-10-17(23)11-9-16/h3-11,13H,12H2,1-2H3,(H,25,28). The predicted molar refractivity (Wildman–Crippen MR) is 118 cm³/mol. The van der Waals surface area contributed by atoms with Gasteiger partial charge in [0.2, 0.25) is 5.91 Å². The highest BCUT2D eigenvalue weighted by atomic mass is 35.5. The van der Waals surface area contributed by atoms with Crippen molar-refractivity contribution in [3.05, 3.63) is 82.1 Å². The molecule has 0 saturated heterocycles. The molecule has 0 aliphatic rings. The molecule has 0 aliphatic heterocycles. The van der Waals surface area contributed by atoms with E-state index in [1.165, 1.54) is 11.3 Å². The highest BCUT2D eigenvalue weighted by Gasteiger charge is 2.16. The van der Waals surface area contributed by atoms with Gasteiger partial charge in [-0.25, -0.2) is 9.67 Å². The number of carbonyl (C=O) groups is 1. The number of nitrogens with one attached hydrogen (secondary N) is 1. The average molecular weight is 423 g/mol. The van der Waals surface area contributed by atoms with Gasteiger partial charge in [-0.1, -0.05) is 41.9 Å². The second-order valence-corrected chi connectivity index (χ2v) is 7.96. The van der Waals surface area contributed by atoms with Crippen LogP contribution < -0.4 is 5.32 Å². The first-order valence-electron chi connectivity index (χ1n) is 9.13. The number of aryl methyl sites for hydroxylation is 1. The molecule has 0 bridgehead atoms. The first kappa shape index (κ1) is 19.4. The molecule has 2 aromatic heterocycles. The Hall–Kier alpha value is -2.96. The SMILES string of the molecule is Cc1nn(-c2ccccc2)c(C)c1NC(=O)Cc1csc(-c2ccc(Cl)cc2)n1. The Bertz CT molecular complexity index is 1150. The summed E-state index contributed by atoms with van der Waals surface area (Å²) in [5, 5.41) is 11.0. The van der Waals surface area contributed by atoms with Crippen molar-refractivity contribution in [3.8, 4) is 16.3 Å². The molecule has 0 spiro atoms. The van der Waals surface area contributed by atoms with E-state index in [9.17, 15) is 4.79 Å². The zero-order chi connectivity index (χ0) is 20.4. The molecular weight excluding hydrogens is 404 g/mol. The number of aromatic nitrogens is 3. The third kappa shape index (κ3) is 4.23. The topological polar surface area (TPSA) is 59.8 Å². The highest BCUT2D eigenvalue weighted by molar-refractivity contribution is 7.13. The van der Waals surface area contributed by atoms with Crippen LogP contribution in [0, 0.1) is 13.8 Å². The van der Waals surface area contributed by atoms with Crippen LogP contribution in [0.2, 0.25) is 5.02 Å². The quantitative estimate of drug-likeness (QED) is 0.465. The number of para-hydroxylation sites is 1. The largest absolute Gasteiger partial charge is 0.323 e. The molecule has 0 fully saturated rings. The zero-order valence-corrected chi connectivity index (χ0v) is 17.6. The van der Waals surface area contributed by atoms with Crippen molar-refractivity contribution in [1.29, 1.82) is 0 Å². The van der Waals surface area contributed by atoms with Gasteiger partial charge in [0, 0.05) is 16.0 Å². The maximum Gasteiger partial charge on any atom is 0.230 e. The molecule has 0 aliphatic carbocycles. The van der Waals surface area contributed by atoms with E-state index in [1.807, 2.05) is 78.5 Å². The summed E-state index contributed by atoms with van der Waals surface area (Å²) in [5.74, 6) is -0.114. The third-order valence-electron chi connectivity index (χ3n) is 4.54. The van der Waals surface area contributed by atoms with E-state index < -0.39 is 0 Å². The Morgan fingerprint density at radius 3 is 2.55 bits per heavy atom. The first-order chi connectivity index (χ1) is 14.0. The fourth-order valence-corrected chi connectivity index (χ4v) is 4.06. The zero-order valence-electron chi connectivity index (χ0n) is 16.0. The van der Waals surface area contributed by atoms with Crippen LogP contribution in [0.4, 0.5) is 5.69 Å². The summed E-state index contributed by atoms with van der Waals surface area (Å²) in [7, 11) is 0. The molecule has 1 amide bonds. The number of rotatable bonds is 5. The van der Waals surface area contributed by atoms with Gasteiger partial charge in [0.15, 0.2) is 0 Å². The maximum atomic E-state index is 12.6. The minimum atomic E-state index is -0.114. The summed E-state index contributed by atoms with van der Waals surface area (Å²) in [6, 6.07) is 17.4. The minimum absolute atomic E-state index is 0.114. The van der Waals surface area contributed by atoms with Crippen molar-refractivity contribution in [2.24, 2.45) is 0 Å². The van der Waals surface area contributed by atoms with E-state index in [4.69, 9.17) is 11.6 Å². The van der Waals surface area contributed by atoms with E-state index in [1.54, 1.807) is 0 Å². The Morgan fingerprint density at radius 2 is 1.83 bits per heavy atom. The Morgan fingerprint density at radius 1 is 1.10 bits per heavy atom. The maximum absolute atomic E-state index is 12.6. The number of hydrogen-bond acceptors (Lipinski definition) is 4. The number of nitrogens with zero attached hydrogens (tertiary/aromatic N) is 3. The lowest BCUT2D eigenvalue weighted by Gasteiger charge is -2.06. The molecule has 0 unspecified atom stereocenters. The van der Waals surface area contributed by atoms with Gasteiger partial charge in [-0.2, -0.15) is 5.10 Å². The monoisotopic (exact) mass is 422 g/mol. The van der Waals surface area contributed by atoms with E-state index in [-0.39, 0.29) is 12.3 Å². The van der Waals surface area contributed by atoms with Crippen molar-refractivity contribution >= 4 is 34.5 Å². The molecular formula is C22H19ClN4OS. The van der Waals surface area contributed by atoms with Gasteiger partial charge < -0.3 is 5.32 Å². The number of halogens is 1. The molecule has 7 heteroatoms. The molecule has 146 valence electrons. The second-order valence-electron chi connectivity index (χ2n) is 6.67. The van der Waals surface area contributed by atoms with Crippen molar-refractivity contribution < 1.29 is 4.79 Å². The number of amides is 1. The lowest BCUT2D eigenvalue weighted by molar-refractivity contribution is -0.115. The summed E-state index contributed by atoms with van der Waals surface area (Å²) in [4.78, 5) is 17.2. The number of carbonyl (C=O) groups excluding carboxylic acids is 1. The first-order valence-corrected chi connectivity index (χ1v) is 10.4. The lowest BCUT2D eigenvalue weighted by Crippen LogP contribution is -2.15. The summed E-state index contributed by atoms with van der Waals surface area (Å²) in [6.07, 6.45) is 0.208. The Labute approximate surface area is 178 Å².